The van der Waals surface area contributed by atoms with Crippen LogP contribution in [0.3, 0.4) is 0 Å². The number of primary amides is 1. The van der Waals surface area contributed by atoms with Crippen LogP contribution in [0.1, 0.15) is 59.8 Å². The number of carbonyl (C=O) groups excluding carboxylic acids is 1. The van der Waals surface area contributed by atoms with Gasteiger partial charge in [-0.15, -0.1) is 0 Å². The van der Waals surface area contributed by atoms with Gasteiger partial charge in [-0.05, 0) is 71.6 Å². The first kappa shape index (κ1) is 26.8. The first-order valence-electron chi connectivity index (χ1n) is 12.6. The summed E-state index contributed by atoms with van der Waals surface area (Å²) in [5.74, 6) is 0.125. The van der Waals surface area contributed by atoms with Crippen molar-refractivity contribution in [3.63, 3.8) is 0 Å². The molecule has 0 spiro atoms. The van der Waals surface area contributed by atoms with E-state index >= 15 is 0 Å². The van der Waals surface area contributed by atoms with Crippen molar-refractivity contribution in [2.24, 2.45) is 29.2 Å². The molecule has 3 rings (SSSR count). The Morgan fingerprint density at radius 3 is 2.18 bits per heavy atom. The summed E-state index contributed by atoms with van der Waals surface area (Å²) in [5, 5.41) is 10.9. The van der Waals surface area contributed by atoms with Crippen molar-refractivity contribution in [1.82, 2.24) is 20.9 Å². The maximum atomic E-state index is 12.3. The number of carbonyl (C=O) groups is 1. The maximum absolute atomic E-state index is 12.3. The van der Waals surface area contributed by atoms with Crippen molar-refractivity contribution in [2.75, 3.05) is 33.9 Å². The lowest BCUT2D eigenvalue weighted by atomic mass is 9.67. The minimum Gasteiger partial charge on any atom is -0.379 e. The molecular weight excluding hydrogens is 420 g/mol. The first-order chi connectivity index (χ1) is 15.5. The molecular formula is C24H48N6O3. The summed E-state index contributed by atoms with van der Waals surface area (Å²) in [6.45, 7) is 11.1. The Morgan fingerprint density at radius 2 is 1.67 bits per heavy atom. The van der Waals surface area contributed by atoms with E-state index in [2.05, 4.69) is 48.5 Å². The summed E-state index contributed by atoms with van der Waals surface area (Å²) in [5.41, 5.74) is 11.6. The van der Waals surface area contributed by atoms with Gasteiger partial charge in [-0.1, -0.05) is 0 Å². The van der Waals surface area contributed by atoms with Crippen LogP contribution >= 0.6 is 0 Å². The van der Waals surface area contributed by atoms with Gasteiger partial charge in [-0.2, -0.15) is 0 Å². The fourth-order valence-electron chi connectivity index (χ4n) is 5.82. The van der Waals surface area contributed by atoms with Gasteiger partial charge in [0.15, 0.2) is 0 Å². The molecule has 9 heteroatoms. The van der Waals surface area contributed by atoms with E-state index in [4.69, 9.17) is 20.9 Å². The second-order valence-corrected chi connectivity index (χ2v) is 11.4. The first-order valence-corrected chi connectivity index (χ1v) is 12.6. The highest BCUT2D eigenvalue weighted by molar-refractivity contribution is 5.77. The van der Waals surface area contributed by atoms with Crippen LogP contribution in [0.4, 0.5) is 0 Å². The molecule has 9 nitrogen and oxygen atoms in total. The number of methoxy groups -OCH3 is 2. The topological polar surface area (TPSA) is 127 Å². The summed E-state index contributed by atoms with van der Waals surface area (Å²) in [6, 6.07) is 0.411. The van der Waals surface area contributed by atoms with Gasteiger partial charge in [0.05, 0.1) is 23.3 Å². The van der Waals surface area contributed by atoms with Gasteiger partial charge in [-0.25, -0.2) is 0 Å². The van der Waals surface area contributed by atoms with E-state index in [0.717, 1.165) is 45.2 Å². The third-order valence-corrected chi connectivity index (χ3v) is 8.63. The molecule has 192 valence electrons. The van der Waals surface area contributed by atoms with E-state index in [1.54, 1.807) is 14.2 Å². The summed E-state index contributed by atoms with van der Waals surface area (Å²) >= 11 is 0. The van der Waals surface area contributed by atoms with Crippen molar-refractivity contribution >= 4 is 5.91 Å². The van der Waals surface area contributed by atoms with Crippen molar-refractivity contribution in [2.45, 2.75) is 95.5 Å². The Bertz CT molecular complexity index is 636. The summed E-state index contributed by atoms with van der Waals surface area (Å²) < 4.78 is 11.8. The number of likely N-dealkylation sites (tertiary alicyclic amines) is 1. The molecule has 3 fully saturated rings. The van der Waals surface area contributed by atoms with Gasteiger partial charge in [0.2, 0.25) is 5.91 Å². The predicted molar refractivity (Wildman–Crippen MR) is 130 cm³/mol. The van der Waals surface area contributed by atoms with Crippen molar-refractivity contribution < 1.29 is 14.3 Å². The Labute approximate surface area is 200 Å². The largest absolute Gasteiger partial charge is 0.379 e. The highest BCUT2D eigenvalue weighted by Crippen LogP contribution is 2.42. The molecule has 7 N–H and O–H groups in total. The van der Waals surface area contributed by atoms with E-state index in [9.17, 15) is 4.79 Å². The maximum Gasteiger partial charge on any atom is 0.224 e. The van der Waals surface area contributed by atoms with E-state index in [1.165, 1.54) is 0 Å². The number of nitrogens with zero attached hydrogens (tertiary/aromatic N) is 1. The Kier molecular flexibility index (Phi) is 8.81. The fraction of sp³-hybridized carbons (Fsp3) is 0.958. The zero-order valence-electron chi connectivity index (χ0n) is 21.5. The zero-order valence-corrected chi connectivity index (χ0v) is 21.5. The number of nitrogens with one attached hydrogen (secondary N) is 3. The lowest BCUT2D eigenvalue weighted by Crippen LogP contribution is -2.72. The van der Waals surface area contributed by atoms with Crippen molar-refractivity contribution in [3.8, 4) is 0 Å². The fourth-order valence-corrected chi connectivity index (χ4v) is 5.82. The highest BCUT2D eigenvalue weighted by Gasteiger charge is 2.45. The monoisotopic (exact) mass is 468 g/mol. The predicted octanol–water partition coefficient (Wildman–Crippen LogP) is 0.538. The molecule has 0 bridgehead atoms. The van der Waals surface area contributed by atoms with Gasteiger partial charge in [0.1, 0.15) is 6.29 Å². The summed E-state index contributed by atoms with van der Waals surface area (Å²) in [4.78, 5) is 14.7. The third-order valence-electron chi connectivity index (χ3n) is 8.63. The van der Waals surface area contributed by atoms with Gasteiger partial charge >= 0.3 is 0 Å². The van der Waals surface area contributed by atoms with Gasteiger partial charge in [0, 0.05) is 45.9 Å². The molecule has 33 heavy (non-hydrogen) atoms. The van der Waals surface area contributed by atoms with E-state index in [1.807, 2.05) is 0 Å². The van der Waals surface area contributed by atoms with Crippen LogP contribution in [0.15, 0.2) is 0 Å². The second kappa shape index (κ2) is 10.8. The number of nitrogens with two attached hydrogens (primary N) is 2. The molecule has 3 aliphatic rings. The minimum atomic E-state index is -0.329. The Balaban J connectivity index is 1.76. The molecule has 0 aromatic heterocycles. The van der Waals surface area contributed by atoms with Crippen LogP contribution in [0.2, 0.25) is 0 Å². The molecule has 1 aliphatic carbocycles. The van der Waals surface area contributed by atoms with E-state index in [-0.39, 0.29) is 47.6 Å². The van der Waals surface area contributed by atoms with Gasteiger partial charge in [-0.3, -0.25) is 25.6 Å². The van der Waals surface area contributed by atoms with Crippen LogP contribution in [0.5, 0.6) is 0 Å². The number of hydrogen-bond donors (Lipinski definition) is 5. The van der Waals surface area contributed by atoms with Gasteiger partial charge in [0.25, 0.3) is 0 Å². The molecule has 5 unspecified atom stereocenters. The van der Waals surface area contributed by atoms with Crippen molar-refractivity contribution in [3.05, 3.63) is 0 Å². The molecule has 6 atom stereocenters. The van der Waals surface area contributed by atoms with Crippen LogP contribution in [-0.2, 0) is 14.3 Å². The van der Waals surface area contributed by atoms with Crippen LogP contribution < -0.4 is 27.4 Å². The number of hydrogen-bond acceptors (Lipinski definition) is 8. The van der Waals surface area contributed by atoms with Crippen LogP contribution in [0, 0.1) is 17.8 Å². The van der Waals surface area contributed by atoms with E-state index < -0.39 is 0 Å². The smallest absolute Gasteiger partial charge is 0.224 e. The Hall–Kier alpha value is -0.810. The zero-order chi connectivity index (χ0) is 24.4. The molecule has 1 amide bonds. The lowest BCUT2D eigenvalue weighted by molar-refractivity contribution is -0.125. The number of rotatable bonds is 8. The molecule has 0 aromatic carbocycles. The number of piperidine rings is 1. The molecule has 2 heterocycles. The average Bonchev–Trinajstić information content (AvgIpc) is 2.78. The van der Waals surface area contributed by atoms with Crippen LogP contribution in [0.25, 0.3) is 0 Å². The molecule has 2 aliphatic heterocycles. The Morgan fingerprint density at radius 1 is 1.06 bits per heavy atom. The molecule has 0 aromatic rings. The van der Waals surface area contributed by atoms with Crippen molar-refractivity contribution in [1.29, 1.82) is 0 Å². The number of amides is 1. The van der Waals surface area contributed by atoms with E-state index in [0.29, 0.717) is 18.4 Å². The summed E-state index contributed by atoms with van der Waals surface area (Å²) in [7, 11) is 3.58. The lowest BCUT2D eigenvalue weighted by Gasteiger charge is -2.49. The highest BCUT2D eigenvalue weighted by atomic mass is 16.5. The SMILES string of the molecule is COC(C)(C)C1CC(NC2NC(N3CCC[C@H](N)C3)NCC2C(N)=O)CC(C(C)(C)OC)C1. The summed E-state index contributed by atoms with van der Waals surface area (Å²) in [6.07, 6.45) is 4.93. The van der Waals surface area contributed by atoms with Gasteiger partial charge < -0.3 is 20.9 Å². The quantitative estimate of drug-likeness (QED) is 0.349. The molecule has 0 radical (unpaired) electrons. The standard InChI is InChI=1S/C24H48N6O3/c1-23(2,32-5)15-10-16(24(3,4)33-6)12-18(11-15)28-21-19(20(26)31)13-27-22(29-21)30-9-7-8-17(25)14-30/h15-19,21-22,27-29H,7-14,25H2,1-6H3,(H2,26,31)/t15?,16?,17-,18?,19?,21?,22?/m0/s1. The minimum absolute atomic E-state index is 0.0227. The van der Waals surface area contributed by atoms with Crippen LogP contribution in [-0.4, -0.2) is 80.4 Å². The average molecular weight is 469 g/mol. The number of ether oxygens (including phenoxy) is 2. The molecule has 1 saturated carbocycles. The normalized spacial score (nSPS) is 37.1. The molecule has 2 saturated heterocycles. The second-order valence-electron chi connectivity index (χ2n) is 11.4. The third kappa shape index (κ3) is 6.45.